The van der Waals surface area contributed by atoms with Gasteiger partial charge < -0.3 is 15.4 Å². The maximum Gasteiger partial charge on any atom is 0.239 e. The Kier molecular flexibility index (Phi) is 5.75. The molecule has 0 saturated heterocycles. The molecule has 25 heavy (non-hydrogen) atoms. The Labute approximate surface area is 146 Å². The molecule has 0 heterocycles. The molecule has 0 aromatic heterocycles. The van der Waals surface area contributed by atoms with E-state index in [4.69, 9.17) is 4.74 Å². The van der Waals surface area contributed by atoms with E-state index < -0.39 is 23.0 Å². The summed E-state index contributed by atoms with van der Waals surface area (Å²) in [6, 6.07) is 12.4. The molecule has 2 aromatic rings. The van der Waals surface area contributed by atoms with Crippen molar-refractivity contribution < 1.29 is 18.7 Å². The Morgan fingerprint density at radius 2 is 1.60 bits per heavy atom. The number of amides is 2. The Hall–Kier alpha value is -2.89. The molecule has 2 aromatic carbocycles. The molecule has 132 valence electrons. The van der Waals surface area contributed by atoms with E-state index in [2.05, 4.69) is 10.6 Å². The lowest BCUT2D eigenvalue weighted by atomic mass is 9.90. The fourth-order valence-electron chi connectivity index (χ4n) is 2.05. The summed E-state index contributed by atoms with van der Waals surface area (Å²) in [5, 5.41) is 5.26. The van der Waals surface area contributed by atoms with Crippen LogP contribution in [0, 0.1) is 11.2 Å². The molecule has 0 atom stereocenters. The third kappa shape index (κ3) is 4.79. The molecule has 0 radical (unpaired) electrons. The lowest BCUT2D eigenvalue weighted by molar-refractivity contribution is -0.135. The fraction of sp³-hybridized carbons (Fsp3) is 0.263. The van der Waals surface area contributed by atoms with Gasteiger partial charge in [0.15, 0.2) is 0 Å². The highest BCUT2D eigenvalue weighted by Crippen LogP contribution is 2.23. The number of nitrogens with one attached hydrogen (secondary N) is 2. The van der Waals surface area contributed by atoms with Crippen molar-refractivity contribution >= 4 is 23.2 Å². The monoisotopic (exact) mass is 344 g/mol. The highest BCUT2D eigenvalue weighted by Gasteiger charge is 2.36. The lowest BCUT2D eigenvalue weighted by Gasteiger charge is -2.22. The smallest absolute Gasteiger partial charge is 0.239 e. The van der Waals surface area contributed by atoms with Gasteiger partial charge >= 0.3 is 0 Å². The van der Waals surface area contributed by atoms with Crippen molar-refractivity contribution in [3.63, 3.8) is 0 Å². The Balaban J connectivity index is 2.04. The van der Waals surface area contributed by atoms with Crippen molar-refractivity contribution in [1.29, 1.82) is 0 Å². The highest BCUT2D eigenvalue weighted by molar-refractivity contribution is 6.13. The minimum atomic E-state index is -1.34. The van der Waals surface area contributed by atoms with Crippen LogP contribution < -0.4 is 15.4 Å². The SMILES string of the molecule is CCOc1ccc(NC(=O)C(C)(C)C(=O)Nc2cccc(F)c2)cc1. The second-order valence-electron chi connectivity index (χ2n) is 6.00. The first-order chi connectivity index (χ1) is 11.8. The number of benzene rings is 2. The van der Waals surface area contributed by atoms with Gasteiger partial charge in [-0.05, 0) is 63.2 Å². The predicted molar refractivity (Wildman–Crippen MR) is 95.1 cm³/mol. The van der Waals surface area contributed by atoms with Crippen molar-refractivity contribution in [3.05, 3.63) is 54.3 Å². The van der Waals surface area contributed by atoms with Crippen LogP contribution in [0.4, 0.5) is 15.8 Å². The normalized spacial score (nSPS) is 10.9. The lowest BCUT2D eigenvalue weighted by Crippen LogP contribution is -2.41. The van der Waals surface area contributed by atoms with Crippen LogP contribution in [0.1, 0.15) is 20.8 Å². The van der Waals surface area contributed by atoms with Gasteiger partial charge in [-0.2, -0.15) is 0 Å². The number of ether oxygens (including phenoxy) is 1. The van der Waals surface area contributed by atoms with Gasteiger partial charge in [0, 0.05) is 11.4 Å². The third-order valence-electron chi connectivity index (χ3n) is 3.64. The van der Waals surface area contributed by atoms with Crippen LogP contribution in [0.15, 0.2) is 48.5 Å². The van der Waals surface area contributed by atoms with Gasteiger partial charge in [0.1, 0.15) is 17.0 Å². The van der Waals surface area contributed by atoms with E-state index in [-0.39, 0.29) is 0 Å². The van der Waals surface area contributed by atoms with Gasteiger partial charge in [-0.15, -0.1) is 0 Å². The van der Waals surface area contributed by atoms with E-state index in [0.29, 0.717) is 23.7 Å². The summed E-state index contributed by atoms with van der Waals surface area (Å²) in [6.45, 7) is 5.45. The van der Waals surface area contributed by atoms with Gasteiger partial charge in [-0.1, -0.05) is 6.07 Å². The van der Waals surface area contributed by atoms with Crippen molar-refractivity contribution in [1.82, 2.24) is 0 Å². The van der Waals surface area contributed by atoms with Crippen LogP contribution in [-0.4, -0.2) is 18.4 Å². The molecule has 0 saturated carbocycles. The van der Waals surface area contributed by atoms with Crippen molar-refractivity contribution in [2.24, 2.45) is 5.41 Å². The van der Waals surface area contributed by atoms with Crippen molar-refractivity contribution in [2.45, 2.75) is 20.8 Å². The van der Waals surface area contributed by atoms with Crippen LogP contribution in [0.2, 0.25) is 0 Å². The average Bonchev–Trinajstić information content (AvgIpc) is 2.56. The molecule has 0 spiro atoms. The molecule has 0 aliphatic heterocycles. The van der Waals surface area contributed by atoms with E-state index in [1.165, 1.54) is 32.0 Å². The molecule has 2 amide bonds. The second kappa shape index (κ2) is 7.79. The molecule has 0 aliphatic rings. The zero-order valence-corrected chi connectivity index (χ0v) is 14.4. The number of halogens is 1. The summed E-state index contributed by atoms with van der Waals surface area (Å²) in [7, 11) is 0. The molecule has 0 unspecified atom stereocenters. The molecular weight excluding hydrogens is 323 g/mol. The summed E-state index contributed by atoms with van der Waals surface area (Å²) in [5.41, 5.74) is -0.489. The maximum absolute atomic E-state index is 13.2. The number of hydrogen-bond acceptors (Lipinski definition) is 3. The zero-order chi connectivity index (χ0) is 18.4. The predicted octanol–water partition coefficient (Wildman–Crippen LogP) is 3.83. The van der Waals surface area contributed by atoms with Crippen LogP contribution in [0.25, 0.3) is 0 Å². The minimum Gasteiger partial charge on any atom is -0.494 e. The third-order valence-corrected chi connectivity index (χ3v) is 3.64. The van der Waals surface area contributed by atoms with Crippen molar-refractivity contribution in [3.8, 4) is 5.75 Å². The van der Waals surface area contributed by atoms with Gasteiger partial charge in [-0.3, -0.25) is 9.59 Å². The number of carbonyl (C=O) groups is 2. The molecule has 0 aliphatic carbocycles. The number of carbonyl (C=O) groups excluding carboxylic acids is 2. The van der Waals surface area contributed by atoms with E-state index >= 15 is 0 Å². The van der Waals surface area contributed by atoms with Crippen LogP contribution >= 0.6 is 0 Å². The Morgan fingerprint density at radius 1 is 1.00 bits per heavy atom. The summed E-state index contributed by atoms with van der Waals surface area (Å²) in [4.78, 5) is 24.9. The fourth-order valence-corrected chi connectivity index (χ4v) is 2.05. The standard InChI is InChI=1S/C19H21FN2O3/c1-4-25-16-10-8-14(9-11-16)21-17(23)19(2,3)18(24)22-15-7-5-6-13(20)12-15/h5-12H,4H2,1-3H3,(H,21,23)(H,22,24). The average molecular weight is 344 g/mol. The van der Waals surface area contributed by atoms with E-state index in [1.807, 2.05) is 6.92 Å². The van der Waals surface area contributed by atoms with E-state index in [1.54, 1.807) is 30.3 Å². The molecule has 5 nitrogen and oxygen atoms in total. The Morgan fingerprint density at radius 3 is 2.16 bits per heavy atom. The summed E-state index contributed by atoms with van der Waals surface area (Å²) in [5.74, 6) is -0.759. The molecule has 2 N–H and O–H groups in total. The first kappa shape index (κ1) is 18.4. The van der Waals surface area contributed by atoms with Gasteiger partial charge in [0.25, 0.3) is 0 Å². The van der Waals surface area contributed by atoms with Gasteiger partial charge in [-0.25, -0.2) is 4.39 Å². The van der Waals surface area contributed by atoms with Crippen molar-refractivity contribution in [2.75, 3.05) is 17.2 Å². The summed E-state index contributed by atoms with van der Waals surface area (Å²) < 4.78 is 18.5. The van der Waals surface area contributed by atoms with Crippen LogP contribution in [0.3, 0.4) is 0 Å². The second-order valence-corrected chi connectivity index (χ2v) is 6.00. The first-order valence-corrected chi connectivity index (χ1v) is 7.94. The highest BCUT2D eigenvalue weighted by atomic mass is 19.1. The number of rotatable bonds is 6. The molecule has 0 fully saturated rings. The largest absolute Gasteiger partial charge is 0.494 e. The van der Waals surface area contributed by atoms with E-state index in [9.17, 15) is 14.0 Å². The molecular formula is C19H21FN2O3. The van der Waals surface area contributed by atoms with Crippen LogP contribution in [0.5, 0.6) is 5.75 Å². The maximum atomic E-state index is 13.2. The van der Waals surface area contributed by atoms with Gasteiger partial charge in [0.05, 0.1) is 6.61 Å². The quantitative estimate of drug-likeness (QED) is 0.783. The first-order valence-electron chi connectivity index (χ1n) is 7.94. The zero-order valence-electron chi connectivity index (χ0n) is 14.4. The summed E-state index contributed by atoms with van der Waals surface area (Å²) >= 11 is 0. The number of hydrogen-bond donors (Lipinski definition) is 2. The van der Waals surface area contributed by atoms with E-state index in [0.717, 1.165) is 0 Å². The molecule has 0 bridgehead atoms. The topological polar surface area (TPSA) is 67.4 Å². The Bertz CT molecular complexity index is 758. The number of anilines is 2. The summed E-state index contributed by atoms with van der Waals surface area (Å²) in [6.07, 6.45) is 0. The minimum absolute atomic E-state index is 0.298. The molecule has 2 rings (SSSR count). The molecule has 6 heteroatoms. The van der Waals surface area contributed by atoms with Gasteiger partial charge in [0.2, 0.25) is 11.8 Å². The van der Waals surface area contributed by atoms with Crippen LogP contribution in [-0.2, 0) is 9.59 Å².